The Bertz CT molecular complexity index is 1080. The van der Waals surface area contributed by atoms with E-state index in [0.717, 1.165) is 16.7 Å². The van der Waals surface area contributed by atoms with Gasteiger partial charge >= 0.3 is 18.2 Å². The molecule has 0 fully saturated rings. The molecule has 0 saturated heterocycles. The predicted octanol–water partition coefficient (Wildman–Crippen LogP) is 4.26. The zero-order valence-electron chi connectivity index (χ0n) is 16.6. The third-order valence-corrected chi connectivity index (χ3v) is 4.79. The first-order chi connectivity index (χ1) is 15.2. The molecular formula is C21H18F3N3O5. The van der Waals surface area contributed by atoms with Crippen molar-refractivity contribution in [2.24, 2.45) is 0 Å². The Labute approximate surface area is 180 Å². The number of hydrogen-bond acceptors (Lipinski definition) is 6. The molecule has 11 heteroatoms. The summed E-state index contributed by atoms with van der Waals surface area (Å²) in [4.78, 5) is 14.0. The normalized spacial score (nSPS) is 15.7. The Kier molecular flexibility index (Phi) is 5.99. The summed E-state index contributed by atoms with van der Waals surface area (Å²) in [7, 11) is 0. The van der Waals surface area contributed by atoms with Gasteiger partial charge in [-0.25, -0.2) is 0 Å². The average molecular weight is 449 g/mol. The van der Waals surface area contributed by atoms with Crippen molar-refractivity contribution in [2.45, 2.75) is 32.0 Å². The number of nitro groups is 1. The van der Waals surface area contributed by atoms with Crippen LogP contribution in [-0.4, -0.2) is 33.5 Å². The molecule has 8 nitrogen and oxygen atoms in total. The fraction of sp³-hybridized carbons (Fsp3) is 0.286. The molecule has 2 aromatic carbocycles. The van der Waals surface area contributed by atoms with Crippen LogP contribution in [-0.2, 0) is 24.3 Å². The molecule has 4 rings (SSSR count). The summed E-state index contributed by atoms with van der Waals surface area (Å²) in [6.07, 6.45) is -3.09. The quantitative estimate of drug-likeness (QED) is 0.396. The molecule has 1 aliphatic rings. The van der Waals surface area contributed by atoms with Crippen molar-refractivity contribution in [3.63, 3.8) is 0 Å². The monoisotopic (exact) mass is 449 g/mol. The lowest BCUT2D eigenvalue weighted by atomic mass is 10.0. The molecule has 0 aliphatic carbocycles. The number of nitrogens with zero attached hydrogens (tertiary/aromatic N) is 3. The molecule has 3 aromatic rings. The molecule has 0 bridgehead atoms. The smallest absolute Gasteiger partial charge is 0.443 e. The van der Waals surface area contributed by atoms with Crippen molar-refractivity contribution < 1.29 is 32.3 Å². The second kappa shape index (κ2) is 8.87. The van der Waals surface area contributed by atoms with Gasteiger partial charge in [0.2, 0.25) is 0 Å². The van der Waals surface area contributed by atoms with Gasteiger partial charge in [0.1, 0.15) is 24.7 Å². The molecule has 1 unspecified atom stereocenters. The Hall–Kier alpha value is -3.60. The van der Waals surface area contributed by atoms with Gasteiger partial charge in [-0.15, -0.1) is 13.2 Å². The molecule has 1 atom stereocenters. The van der Waals surface area contributed by atoms with Crippen LogP contribution < -0.4 is 9.47 Å². The zero-order valence-corrected chi connectivity index (χ0v) is 16.6. The van der Waals surface area contributed by atoms with Crippen molar-refractivity contribution >= 4 is 5.82 Å². The van der Waals surface area contributed by atoms with Crippen LogP contribution in [0.1, 0.15) is 16.7 Å². The summed E-state index contributed by atoms with van der Waals surface area (Å²) in [6, 6.07) is 13.6. The molecule has 0 saturated carbocycles. The second-order valence-electron chi connectivity index (χ2n) is 7.22. The highest BCUT2D eigenvalue weighted by molar-refractivity contribution is 5.32. The Balaban J connectivity index is 1.28. The Morgan fingerprint density at radius 3 is 2.34 bits per heavy atom. The molecule has 1 aromatic heterocycles. The molecule has 0 N–H and O–H groups in total. The lowest BCUT2D eigenvalue weighted by Crippen LogP contribution is -2.32. The lowest BCUT2D eigenvalue weighted by molar-refractivity contribution is -0.389. The topological polar surface area (TPSA) is 88.7 Å². The van der Waals surface area contributed by atoms with Gasteiger partial charge in [-0.2, -0.15) is 0 Å². The number of imidazole rings is 1. The van der Waals surface area contributed by atoms with Gasteiger partial charge in [-0.05, 0) is 40.2 Å². The van der Waals surface area contributed by atoms with E-state index < -0.39 is 11.3 Å². The average Bonchev–Trinajstić information content (AvgIpc) is 3.17. The van der Waals surface area contributed by atoms with Crippen LogP contribution in [0.2, 0.25) is 0 Å². The molecule has 0 radical (unpaired) electrons. The third-order valence-electron chi connectivity index (χ3n) is 4.79. The molecule has 0 amide bonds. The van der Waals surface area contributed by atoms with E-state index in [-0.39, 0.29) is 30.3 Å². The predicted molar refractivity (Wildman–Crippen MR) is 105 cm³/mol. The van der Waals surface area contributed by atoms with Gasteiger partial charge in [-0.3, -0.25) is 4.57 Å². The summed E-state index contributed by atoms with van der Waals surface area (Å²) >= 11 is 0. The van der Waals surface area contributed by atoms with Crippen molar-refractivity contribution in [3.05, 3.63) is 81.5 Å². The minimum absolute atomic E-state index is 0.207. The SMILES string of the molecule is O=[N+]([O-])c1cn2c(n1)OCC(OCc1ccc(Cc3ccc(OC(F)(F)F)cc3)cc1)C2. The van der Waals surface area contributed by atoms with Gasteiger partial charge < -0.3 is 24.3 Å². The van der Waals surface area contributed by atoms with Crippen molar-refractivity contribution in [1.82, 2.24) is 9.55 Å². The first-order valence-electron chi connectivity index (χ1n) is 9.63. The van der Waals surface area contributed by atoms with E-state index in [1.165, 1.54) is 18.3 Å². The highest BCUT2D eigenvalue weighted by Crippen LogP contribution is 2.24. The standard InChI is InChI=1S/C21H18F3N3O5/c22-21(23,24)32-17-7-5-15(6-8-17)9-14-1-3-16(4-2-14)12-30-18-10-26-11-19(27(28)29)25-20(26)31-13-18/h1-8,11,18H,9-10,12-13H2. The molecular weight excluding hydrogens is 431 g/mol. The highest BCUT2D eigenvalue weighted by Gasteiger charge is 2.31. The van der Waals surface area contributed by atoms with E-state index in [1.807, 2.05) is 24.3 Å². The molecule has 0 spiro atoms. The second-order valence-corrected chi connectivity index (χ2v) is 7.22. The number of fused-ring (bicyclic) bond motifs is 1. The van der Waals surface area contributed by atoms with E-state index in [4.69, 9.17) is 9.47 Å². The fourth-order valence-corrected chi connectivity index (χ4v) is 3.27. The van der Waals surface area contributed by atoms with Crippen molar-refractivity contribution in [1.29, 1.82) is 0 Å². The largest absolute Gasteiger partial charge is 0.573 e. The van der Waals surface area contributed by atoms with E-state index >= 15 is 0 Å². The zero-order chi connectivity index (χ0) is 22.7. The summed E-state index contributed by atoms with van der Waals surface area (Å²) in [6.45, 7) is 0.993. The lowest BCUT2D eigenvalue weighted by Gasteiger charge is -2.22. The maximum Gasteiger partial charge on any atom is 0.573 e. The van der Waals surface area contributed by atoms with Gasteiger partial charge in [0, 0.05) is 4.98 Å². The highest BCUT2D eigenvalue weighted by atomic mass is 19.4. The summed E-state index contributed by atoms with van der Waals surface area (Å²) in [5.41, 5.74) is 2.78. The van der Waals surface area contributed by atoms with Crippen LogP contribution in [0.15, 0.2) is 54.7 Å². The number of ether oxygens (including phenoxy) is 3. The first kappa shape index (κ1) is 21.6. The summed E-state index contributed by atoms with van der Waals surface area (Å²) < 4.78 is 53.4. The number of hydrogen-bond donors (Lipinski definition) is 0. The van der Waals surface area contributed by atoms with Gasteiger partial charge in [-0.1, -0.05) is 36.4 Å². The number of rotatable bonds is 7. The molecule has 1 aliphatic heterocycles. The number of aromatic nitrogens is 2. The molecule has 168 valence electrons. The minimum Gasteiger partial charge on any atom is -0.443 e. The van der Waals surface area contributed by atoms with Gasteiger partial charge in [0.25, 0.3) is 0 Å². The molecule has 32 heavy (non-hydrogen) atoms. The summed E-state index contributed by atoms with van der Waals surface area (Å²) in [5.74, 6) is -0.517. The van der Waals surface area contributed by atoms with Crippen LogP contribution in [0.5, 0.6) is 11.8 Å². The minimum atomic E-state index is -4.71. The number of halogens is 3. The van der Waals surface area contributed by atoms with Crippen molar-refractivity contribution in [2.75, 3.05) is 6.61 Å². The van der Waals surface area contributed by atoms with Gasteiger partial charge in [0.15, 0.2) is 0 Å². The van der Waals surface area contributed by atoms with E-state index in [2.05, 4.69) is 9.72 Å². The fourth-order valence-electron chi connectivity index (χ4n) is 3.27. The number of benzene rings is 2. The van der Waals surface area contributed by atoms with Crippen LogP contribution in [0.25, 0.3) is 0 Å². The van der Waals surface area contributed by atoms with Crippen molar-refractivity contribution in [3.8, 4) is 11.8 Å². The third kappa shape index (κ3) is 5.55. The molecule has 2 heterocycles. The van der Waals surface area contributed by atoms with Crippen LogP contribution in [0, 0.1) is 10.1 Å². The van der Waals surface area contributed by atoms with Crippen LogP contribution >= 0.6 is 0 Å². The van der Waals surface area contributed by atoms with E-state index in [1.54, 1.807) is 16.7 Å². The van der Waals surface area contributed by atoms with E-state index in [9.17, 15) is 23.3 Å². The van der Waals surface area contributed by atoms with Crippen LogP contribution in [0.3, 0.4) is 0 Å². The first-order valence-corrected chi connectivity index (χ1v) is 9.63. The summed E-state index contributed by atoms with van der Waals surface area (Å²) in [5, 5.41) is 10.8. The van der Waals surface area contributed by atoms with Crippen LogP contribution in [0.4, 0.5) is 19.0 Å². The Morgan fingerprint density at radius 2 is 1.72 bits per heavy atom. The number of alkyl halides is 3. The van der Waals surface area contributed by atoms with E-state index in [0.29, 0.717) is 19.6 Å². The Morgan fingerprint density at radius 1 is 1.09 bits per heavy atom. The van der Waals surface area contributed by atoms with Gasteiger partial charge in [0.05, 0.1) is 13.2 Å². The maximum atomic E-state index is 12.2. The maximum absolute atomic E-state index is 12.2.